The largest absolute Gasteiger partial charge is 0.368 e. The molecular formula is C21H16ClF2N3O2S. The molecular weight excluding hydrogens is 432 g/mol. The van der Waals surface area contributed by atoms with Gasteiger partial charge in [0, 0.05) is 23.0 Å². The molecule has 0 radical (unpaired) electrons. The molecule has 1 aliphatic carbocycles. The Labute approximate surface area is 180 Å². The lowest BCUT2D eigenvalue weighted by molar-refractivity contribution is -0.123. The number of hydrogen-bond acceptors (Lipinski definition) is 4. The molecule has 1 aliphatic rings. The number of carbonyl (C=O) groups excluding carboxylic acids is 2. The smallest absolute Gasteiger partial charge is 0.265 e. The van der Waals surface area contributed by atoms with Crippen LogP contribution < -0.4 is 5.73 Å². The number of nitrogens with two attached hydrogens (primary N) is 1. The third-order valence-electron chi connectivity index (χ3n) is 5.12. The van der Waals surface area contributed by atoms with Crippen molar-refractivity contribution in [2.75, 3.05) is 0 Å². The van der Waals surface area contributed by atoms with Crippen molar-refractivity contribution in [1.29, 1.82) is 0 Å². The van der Waals surface area contributed by atoms with Crippen molar-refractivity contribution < 1.29 is 18.4 Å². The van der Waals surface area contributed by atoms with Crippen LogP contribution in [0, 0.1) is 10.9 Å². The highest BCUT2D eigenvalue weighted by Crippen LogP contribution is 2.43. The number of amides is 2. The number of halogens is 3. The number of rotatable bonds is 5. The van der Waals surface area contributed by atoms with Crippen LogP contribution in [0.3, 0.4) is 0 Å². The quantitative estimate of drug-likeness (QED) is 0.628. The minimum absolute atomic E-state index is 0.110. The van der Waals surface area contributed by atoms with Gasteiger partial charge in [-0.25, -0.2) is 4.39 Å². The van der Waals surface area contributed by atoms with Gasteiger partial charge in [0.05, 0.1) is 10.9 Å². The van der Waals surface area contributed by atoms with E-state index in [4.69, 9.17) is 17.3 Å². The fourth-order valence-electron chi connectivity index (χ4n) is 3.90. The molecule has 2 amide bonds. The monoisotopic (exact) mass is 447 g/mol. The van der Waals surface area contributed by atoms with Crippen molar-refractivity contribution in [2.45, 2.75) is 24.9 Å². The fourth-order valence-corrected chi connectivity index (χ4v) is 4.79. The lowest BCUT2D eigenvalue weighted by Crippen LogP contribution is -2.43. The molecule has 4 rings (SSSR count). The Morgan fingerprint density at radius 3 is 2.70 bits per heavy atom. The molecule has 9 heteroatoms. The summed E-state index contributed by atoms with van der Waals surface area (Å²) in [6, 6.07) is 6.76. The number of benzene rings is 1. The number of nitrogens with zero attached hydrogens (tertiary/aromatic N) is 2. The van der Waals surface area contributed by atoms with Gasteiger partial charge in [0.1, 0.15) is 11.9 Å². The molecule has 2 atom stereocenters. The molecule has 2 aromatic heterocycles. The molecule has 30 heavy (non-hydrogen) atoms. The molecule has 1 aromatic carbocycles. The van der Waals surface area contributed by atoms with Crippen LogP contribution in [0.5, 0.6) is 0 Å². The number of aromatic nitrogens is 1. The summed E-state index contributed by atoms with van der Waals surface area (Å²) in [7, 11) is 0. The molecule has 5 nitrogen and oxygen atoms in total. The molecule has 3 aromatic rings. The summed E-state index contributed by atoms with van der Waals surface area (Å²) in [6.45, 7) is 0. The van der Waals surface area contributed by atoms with Crippen LogP contribution in [-0.4, -0.2) is 21.7 Å². The first-order chi connectivity index (χ1) is 14.4. The highest BCUT2D eigenvalue weighted by Gasteiger charge is 2.40. The average Bonchev–Trinajstić information content (AvgIpc) is 3.32. The zero-order valence-electron chi connectivity index (χ0n) is 15.5. The Hall–Kier alpha value is -2.84. The number of pyridine rings is 1. The molecule has 0 bridgehead atoms. The van der Waals surface area contributed by atoms with Crippen molar-refractivity contribution in [3.05, 3.63) is 86.3 Å². The molecule has 1 unspecified atom stereocenters. The summed E-state index contributed by atoms with van der Waals surface area (Å²) in [5.41, 5.74) is 7.07. The second-order valence-electron chi connectivity index (χ2n) is 6.92. The minimum Gasteiger partial charge on any atom is -0.368 e. The van der Waals surface area contributed by atoms with Crippen molar-refractivity contribution >= 4 is 34.8 Å². The van der Waals surface area contributed by atoms with Crippen LogP contribution in [0.25, 0.3) is 0 Å². The van der Waals surface area contributed by atoms with Crippen LogP contribution in [0.1, 0.15) is 44.9 Å². The molecule has 0 aliphatic heterocycles. The maximum Gasteiger partial charge on any atom is 0.265 e. The summed E-state index contributed by atoms with van der Waals surface area (Å²) < 4.78 is 28.1. The third kappa shape index (κ3) is 3.68. The first-order valence-corrected chi connectivity index (χ1v) is 10.3. The molecule has 0 saturated carbocycles. The highest BCUT2D eigenvalue weighted by atomic mass is 35.5. The molecule has 0 spiro atoms. The maximum absolute atomic E-state index is 14.5. The molecule has 154 valence electrons. The van der Waals surface area contributed by atoms with E-state index in [0.29, 0.717) is 40.9 Å². The third-order valence-corrected chi connectivity index (χ3v) is 6.20. The number of carbonyl (C=O) groups is 2. The normalized spacial score (nSPS) is 16.2. The van der Waals surface area contributed by atoms with Gasteiger partial charge in [-0.3, -0.25) is 14.6 Å². The second kappa shape index (κ2) is 8.12. The average molecular weight is 448 g/mol. The van der Waals surface area contributed by atoms with Crippen molar-refractivity contribution in [3.8, 4) is 0 Å². The van der Waals surface area contributed by atoms with Crippen molar-refractivity contribution in [1.82, 2.24) is 9.88 Å². The van der Waals surface area contributed by atoms with Crippen LogP contribution in [0.2, 0.25) is 5.02 Å². The van der Waals surface area contributed by atoms with Gasteiger partial charge in [-0.1, -0.05) is 17.7 Å². The zero-order valence-corrected chi connectivity index (χ0v) is 17.1. The molecule has 2 heterocycles. The zero-order chi connectivity index (χ0) is 21.4. The van der Waals surface area contributed by atoms with Gasteiger partial charge in [0.15, 0.2) is 5.13 Å². The van der Waals surface area contributed by atoms with Crippen LogP contribution in [0.4, 0.5) is 8.78 Å². The summed E-state index contributed by atoms with van der Waals surface area (Å²) >= 11 is 6.73. The molecule has 2 N–H and O–H groups in total. The fraction of sp³-hybridized carbons (Fsp3) is 0.190. The lowest BCUT2D eigenvalue weighted by atomic mass is 10.00. The first kappa shape index (κ1) is 20.4. The predicted molar refractivity (Wildman–Crippen MR) is 109 cm³/mol. The van der Waals surface area contributed by atoms with Gasteiger partial charge in [0.2, 0.25) is 5.91 Å². The van der Waals surface area contributed by atoms with E-state index in [-0.39, 0.29) is 9.90 Å². The van der Waals surface area contributed by atoms with Gasteiger partial charge in [-0.15, -0.1) is 11.3 Å². The van der Waals surface area contributed by atoms with Gasteiger partial charge >= 0.3 is 0 Å². The van der Waals surface area contributed by atoms with Gasteiger partial charge < -0.3 is 10.6 Å². The topological polar surface area (TPSA) is 76.3 Å². The number of fused-ring (bicyclic) bond motifs is 1. The number of thiophene rings is 1. The Bertz CT molecular complexity index is 1120. The highest BCUT2D eigenvalue weighted by molar-refractivity contribution is 7.12. The van der Waals surface area contributed by atoms with E-state index >= 15 is 0 Å². The van der Waals surface area contributed by atoms with E-state index < -0.39 is 34.8 Å². The Morgan fingerprint density at radius 1 is 1.27 bits per heavy atom. The van der Waals surface area contributed by atoms with Gasteiger partial charge in [0.25, 0.3) is 5.91 Å². The van der Waals surface area contributed by atoms with E-state index in [9.17, 15) is 18.4 Å². The predicted octanol–water partition coefficient (Wildman–Crippen LogP) is 4.43. The van der Waals surface area contributed by atoms with Crippen molar-refractivity contribution in [3.63, 3.8) is 0 Å². The van der Waals surface area contributed by atoms with Crippen molar-refractivity contribution in [2.24, 2.45) is 5.73 Å². The maximum atomic E-state index is 14.5. The summed E-state index contributed by atoms with van der Waals surface area (Å²) in [5, 5.41) is -0.346. The van der Waals surface area contributed by atoms with Crippen LogP contribution in [-0.2, 0) is 11.2 Å². The Kier molecular flexibility index (Phi) is 5.53. The van der Waals surface area contributed by atoms with Crippen LogP contribution >= 0.6 is 22.9 Å². The summed E-state index contributed by atoms with van der Waals surface area (Å²) in [4.78, 5) is 31.4. The summed E-state index contributed by atoms with van der Waals surface area (Å²) in [6.07, 6.45) is 3.71. The Balaban J connectivity index is 1.87. The number of hydrogen-bond donors (Lipinski definition) is 1. The van der Waals surface area contributed by atoms with Crippen LogP contribution in [0.15, 0.2) is 48.8 Å². The molecule has 0 saturated heterocycles. The summed E-state index contributed by atoms with van der Waals surface area (Å²) in [5.74, 6) is -1.81. The standard InChI is InChI=1S/C21H16ClF2N3O2S/c22-12-8-14-13(15(23)9-12)3-4-16(14)27(21(29)17-5-6-18(24)30-17)19(20(25)28)11-2-1-7-26-10-11/h1-2,5-10,16,19H,3-4H2,(H2,25,28)/t16-,19?/m1/s1. The second-order valence-corrected chi connectivity index (χ2v) is 8.39. The Morgan fingerprint density at radius 2 is 2.07 bits per heavy atom. The van der Waals surface area contributed by atoms with E-state index in [1.54, 1.807) is 18.2 Å². The van der Waals surface area contributed by atoms with E-state index in [1.807, 2.05) is 0 Å². The number of primary amides is 1. The molecule has 0 fully saturated rings. The van der Waals surface area contributed by atoms with E-state index in [1.165, 1.54) is 35.5 Å². The van der Waals surface area contributed by atoms with Gasteiger partial charge in [-0.2, -0.15) is 4.39 Å². The first-order valence-electron chi connectivity index (χ1n) is 9.12. The SMILES string of the molecule is NC(=O)C(c1cccnc1)N(C(=O)c1ccc(F)s1)[C@@H]1CCc2c(F)cc(Cl)cc21. The van der Waals surface area contributed by atoms with E-state index in [0.717, 1.165) is 0 Å². The van der Waals surface area contributed by atoms with E-state index in [2.05, 4.69) is 4.98 Å². The minimum atomic E-state index is -1.17. The van der Waals surface area contributed by atoms with Gasteiger partial charge in [-0.05, 0) is 54.3 Å². The lowest BCUT2D eigenvalue weighted by Gasteiger charge is -2.35.